The lowest BCUT2D eigenvalue weighted by Crippen LogP contribution is -2.39. The van der Waals surface area contributed by atoms with Gasteiger partial charge in [-0.15, -0.1) is 13.2 Å². The van der Waals surface area contributed by atoms with Crippen molar-refractivity contribution >= 4 is 11.9 Å². The van der Waals surface area contributed by atoms with Gasteiger partial charge in [0.25, 0.3) is 5.91 Å². The predicted octanol–water partition coefficient (Wildman–Crippen LogP) is 3.60. The van der Waals surface area contributed by atoms with Gasteiger partial charge in [-0.1, -0.05) is 30.3 Å². The SMILES string of the molecule is CCNC(=NCCc1cccc(C(=O)NC)c1)NC1CC1c1ccccc1OC(F)(F)F. The second-order valence-corrected chi connectivity index (χ2v) is 7.47. The Balaban J connectivity index is 1.60. The summed E-state index contributed by atoms with van der Waals surface area (Å²) < 4.78 is 42.3. The molecule has 1 aliphatic carbocycles. The minimum Gasteiger partial charge on any atom is -0.405 e. The van der Waals surface area contributed by atoms with Crippen LogP contribution in [0.5, 0.6) is 5.75 Å². The van der Waals surface area contributed by atoms with E-state index in [1.54, 1.807) is 25.2 Å². The third-order valence-corrected chi connectivity index (χ3v) is 5.09. The topological polar surface area (TPSA) is 74.8 Å². The maximum atomic E-state index is 12.7. The van der Waals surface area contributed by atoms with E-state index in [1.165, 1.54) is 12.1 Å². The van der Waals surface area contributed by atoms with E-state index in [9.17, 15) is 18.0 Å². The quantitative estimate of drug-likeness (QED) is 0.426. The summed E-state index contributed by atoms with van der Waals surface area (Å²) in [5.41, 5.74) is 2.12. The number of ether oxygens (including phenoxy) is 1. The Labute approximate surface area is 185 Å². The standard InChI is InChI=1S/C23H27F3N4O2/c1-3-28-22(29-12-11-15-7-6-8-16(13-15)21(31)27-2)30-19-14-18(19)17-9-4-5-10-20(17)32-23(24,25)26/h4-10,13,18-19H,3,11-12,14H2,1-2H3,(H,27,31)(H2,28,29,30). The molecule has 0 aliphatic heterocycles. The number of rotatable bonds is 8. The zero-order chi connectivity index (χ0) is 23.1. The molecule has 1 aliphatic rings. The van der Waals surface area contributed by atoms with E-state index in [4.69, 9.17) is 0 Å². The van der Waals surface area contributed by atoms with Crippen LogP contribution in [0.3, 0.4) is 0 Å². The van der Waals surface area contributed by atoms with Crippen molar-refractivity contribution in [1.82, 2.24) is 16.0 Å². The van der Waals surface area contributed by atoms with Gasteiger partial charge in [0.2, 0.25) is 0 Å². The molecule has 0 radical (unpaired) electrons. The van der Waals surface area contributed by atoms with Gasteiger partial charge in [0, 0.05) is 37.7 Å². The molecule has 2 aromatic rings. The van der Waals surface area contributed by atoms with Crippen LogP contribution in [0, 0.1) is 0 Å². The van der Waals surface area contributed by atoms with Gasteiger partial charge < -0.3 is 20.7 Å². The maximum absolute atomic E-state index is 12.7. The van der Waals surface area contributed by atoms with Gasteiger partial charge in [-0.25, -0.2) is 0 Å². The van der Waals surface area contributed by atoms with Crippen LogP contribution in [0.1, 0.15) is 40.7 Å². The molecule has 0 saturated heterocycles. The summed E-state index contributed by atoms with van der Waals surface area (Å²) >= 11 is 0. The van der Waals surface area contributed by atoms with Crippen molar-refractivity contribution in [2.45, 2.75) is 38.1 Å². The molecule has 3 N–H and O–H groups in total. The largest absolute Gasteiger partial charge is 0.573 e. The van der Waals surface area contributed by atoms with E-state index in [0.29, 0.717) is 43.0 Å². The van der Waals surface area contributed by atoms with Crippen LogP contribution >= 0.6 is 0 Å². The third-order valence-electron chi connectivity index (χ3n) is 5.09. The fraction of sp³-hybridized carbons (Fsp3) is 0.391. The van der Waals surface area contributed by atoms with Crippen molar-refractivity contribution in [2.75, 3.05) is 20.1 Å². The first-order valence-electron chi connectivity index (χ1n) is 10.5. The first-order chi connectivity index (χ1) is 15.3. The molecule has 0 bridgehead atoms. The Morgan fingerprint density at radius 3 is 2.69 bits per heavy atom. The highest BCUT2D eigenvalue weighted by Gasteiger charge is 2.42. The Hall–Kier alpha value is -3.23. The molecule has 0 aromatic heterocycles. The number of alkyl halides is 3. The van der Waals surface area contributed by atoms with Gasteiger partial charge >= 0.3 is 6.36 Å². The zero-order valence-corrected chi connectivity index (χ0v) is 18.0. The molecule has 2 unspecified atom stereocenters. The lowest BCUT2D eigenvalue weighted by molar-refractivity contribution is -0.274. The summed E-state index contributed by atoms with van der Waals surface area (Å²) in [5.74, 6) is 0.227. The number of aliphatic imine (C=N–C) groups is 1. The lowest BCUT2D eigenvalue weighted by Gasteiger charge is -2.14. The summed E-state index contributed by atoms with van der Waals surface area (Å²) in [6.07, 6.45) is -3.38. The molecule has 2 aromatic carbocycles. The number of nitrogens with one attached hydrogen (secondary N) is 3. The summed E-state index contributed by atoms with van der Waals surface area (Å²) in [7, 11) is 1.59. The van der Waals surface area contributed by atoms with Gasteiger partial charge in [-0.3, -0.25) is 9.79 Å². The molecule has 1 amide bonds. The van der Waals surface area contributed by atoms with Crippen LogP contribution in [0.15, 0.2) is 53.5 Å². The highest BCUT2D eigenvalue weighted by molar-refractivity contribution is 5.94. The monoisotopic (exact) mass is 448 g/mol. The second-order valence-electron chi connectivity index (χ2n) is 7.47. The highest BCUT2D eigenvalue weighted by atomic mass is 19.4. The minimum atomic E-state index is -4.72. The number of carbonyl (C=O) groups is 1. The molecule has 9 heteroatoms. The van der Waals surface area contributed by atoms with Crippen LogP contribution in [0.4, 0.5) is 13.2 Å². The smallest absolute Gasteiger partial charge is 0.405 e. The van der Waals surface area contributed by atoms with Crippen LogP contribution in [-0.4, -0.2) is 44.4 Å². The number of nitrogens with zero attached hydrogens (tertiary/aromatic N) is 1. The number of halogens is 3. The summed E-state index contributed by atoms with van der Waals surface area (Å²) in [5, 5.41) is 9.07. The number of para-hydroxylation sites is 1. The lowest BCUT2D eigenvalue weighted by atomic mass is 10.1. The van der Waals surface area contributed by atoms with Gasteiger partial charge in [-0.2, -0.15) is 0 Å². The minimum absolute atomic E-state index is 0.0256. The van der Waals surface area contributed by atoms with Crippen molar-refractivity contribution in [1.29, 1.82) is 0 Å². The fourth-order valence-electron chi connectivity index (χ4n) is 3.51. The number of amides is 1. The Kier molecular flexibility index (Phi) is 7.61. The Bertz CT molecular complexity index is 962. The third kappa shape index (κ3) is 6.63. The van der Waals surface area contributed by atoms with E-state index in [-0.39, 0.29) is 23.6 Å². The maximum Gasteiger partial charge on any atom is 0.573 e. The van der Waals surface area contributed by atoms with Gasteiger partial charge in [0.05, 0.1) is 0 Å². The van der Waals surface area contributed by atoms with E-state index >= 15 is 0 Å². The van der Waals surface area contributed by atoms with Crippen molar-refractivity contribution in [3.05, 3.63) is 65.2 Å². The Morgan fingerprint density at radius 2 is 1.97 bits per heavy atom. The van der Waals surface area contributed by atoms with E-state index in [1.807, 2.05) is 25.1 Å². The predicted molar refractivity (Wildman–Crippen MR) is 117 cm³/mol. The molecule has 3 rings (SSSR count). The summed E-state index contributed by atoms with van der Waals surface area (Å²) in [4.78, 5) is 16.4. The summed E-state index contributed by atoms with van der Waals surface area (Å²) in [6, 6.07) is 13.6. The number of hydrogen-bond acceptors (Lipinski definition) is 3. The molecule has 1 saturated carbocycles. The fourth-order valence-corrected chi connectivity index (χ4v) is 3.51. The number of carbonyl (C=O) groups excluding carboxylic acids is 1. The number of hydrogen-bond donors (Lipinski definition) is 3. The van der Waals surface area contributed by atoms with Crippen LogP contribution in [0.2, 0.25) is 0 Å². The van der Waals surface area contributed by atoms with Crippen molar-refractivity contribution < 1.29 is 22.7 Å². The van der Waals surface area contributed by atoms with Gasteiger partial charge in [-0.05, 0) is 49.1 Å². The van der Waals surface area contributed by atoms with E-state index in [2.05, 4.69) is 25.7 Å². The molecule has 32 heavy (non-hydrogen) atoms. The molecule has 1 fully saturated rings. The second kappa shape index (κ2) is 10.4. The van der Waals surface area contributed by atoms with Crippen molar-refractivity contribution in [2.24, 2.45) is 4.99 Å². The molecule has 0 heterocycles. The number of benzene rings is 2. The van der Waals surface area contributed by atoms with Crippen molar-refractivity contribution in [3.63, 3.8) is 0 Å². The number of guanidine groups is 1. The van der Waals surface area contributed by atoms with E-state index < -0.39 is 6.36 Å². The zero-order valence-electron chi connectivity index (χ0n) is 18.0. The average Bonchev–Trinajstić information content (AvgIpc) is 3.51. The van der Waals surface area contributed by atoms with Crippen LogP contribution < -0.4 is 20.7 Å². The van der Waals surface area contributed by atoms with Crippen LogP contribution in [0.25, 0.3) is 0 Å². The first-order valence-corrected chi connectivity index (χ1v) is 10.5. The average molecular weight is 448 g/mol. The molecular weight excluding hydrogens is 421 g/mol. The van der Waals surface area contributed by atoms with E-state index in [0.717, 1.165) is 5.56 Å². The molecule has 0 spiro atoms. The highest BCUT2D eigenvalue weighted by Crippen LogP contribution is 2.45. The molecule has 2 atom stereocenters. The summed E-state index contributed by atoms with van der Waals surface area (Å²) in [6.45, 7) is 3.10. The molecular formula is C23H27F3N4O2. The van der Waals surface area contributed by atoms with Gasteiger partial charge in [0.15, 0.2) is 5.96 Å². The molecule has 172 valence electrons. The van der Waals surface area contributed by atoms with Crippen LogP contribution in [-0.2, 0) is 6.42 Å². The normalized spacial score (nSPS) is 18.1. The first kappa shape index (κ1) is 23.4. The molecule has 6 nitrogen and oxygen atoms in total. The Morgan fingerprint density at radius 1 is 1.19 bits per heavy atom. The van der Waals surface area contributed by atoms with Gasteiger partial charge in [0.1, 0.15) is 5.75 Å². The van der Waals surface area contributed by atoms with Crippen molar-refractivity contribution in [3.8, 4) is 5.75 Å².